The minimum absolute atomic E-state index is 0.0465. The number of nitrogens with zero attached hydrogens (tertiary/aromatic N) is 2. The van der Waals surface area contributed by atoms with Crippen molar-refractivity contribution in [1.82, 2.24) is 4.31 Å². The van der Waals surface area contributed by atoms with Crippen LogP contribution in [0.4, 0.5) is 4.39 Å². The summed E-state index contributed by atoms with van der Waals surface area (Å²) in [7, 11) is -2.55. The summed E-state index contributed by atoms with van der Waals surface area (Å²) in [6.07, 6.45) is 0. The van der Waals surface area contributed by atoms with Crippen LogP contribution in [0.5, 0.6) is 5.75 Å². The van der Waals surface area contributed by atoms with Gasteiger partial charge in [0.1, 0.15) is 11.6 Å². The van der Waals surface area contributed by atoms with Crippen LogP contribution in [-0.4, -0.2) is 37.5 Å². The van der Waals surface area contributed by atoms with Gasteiger partial charge in [-0.05, 0) is 59.7 Å². The van der Waals surface area contributed by atoms with Crippen LogP contribution in [0.1, 0.15) is 11.1 Å². The van der Waals surface area contributed by atoms with Crippen molar-refractivity contribution in [2.45, 2.75) is 11.4 Å². The van der Waals surface area contributed by atoms with Crippen molar-refractivity contribution < 1.29 is 27.4 Å². The molecule has 1 N–H and O–H groups in total. The molecule has 0 heterocycles. The van der Waals surface area contributed by atoms with E-state index in [0.717, 1.165) is 10.4 Å². The number of halogens is 3. The zero-order valence-corrected chi connectivity index (χ0v) is 20.0. The highest BCUT2D eigenvalue weighted by Gasteiger charge is 2.22. The van der Waals surface area contributed by atoms with E-state index in [2.05, 4.69) is 0 Å². The van der Waals surface area contributed by atoms with Gasteiger partial charge >= 0.3 is 5.97 Å². The quantitative estimate of drug-likeness (QED) is 0.448. The monoisotopic (exact) mass is 522 g/mol. The Hall–Kier alpha value is -3.16. The van der Waals surface area contributed by atoms with Gasteiger partial charge in [0.2, 0.25) is 10.0 Å². The summed E-state index contributed by atoms with van der Waals surface area (Å²) in [5, 5.41) is 18.4. The van der Waals surface area contributed by atoms with Gasteiger partial charge < -0.3 is 9.84 Å². The second kappa shape index (κ2) is 10.4. The van der Waals surface area contributed by atoms with Crippen molar-refractivity contribution in [1.29, 1.82) is 5.26 Å². The molecular formula is C23H17Cl2FN2O5S. The number of carbonyl (C=O) groups is 1. The third-order valence-corrected chi connectivity index (χ3v) is 7.28. The molecule has 0 radical (unpaired) electrons. The van der Waals surface area contributed by atoms with Crippen molar-refractivity contribution in [2.75, 3.05) is 13.7 Å². The number of aliphatic carboxylic acids is 1. The second-order valence-electron chi connectivity index (χ2n) is 7.19. The molecule has 0 fully saturated rings. The van der Waals surface area contributed by atoms with Gasteiger partial charge in [-0.3, -0.25) is 0 Å². The number of ether oxygens (including phenoxy) is 1. The Balaban J connectivity index is 2.00. The van der Waals surface area contributed by atoms with Crippen LogP contribution in [0.15, 0.2) is 59.5 Å². The van der Waals surface area contributed by atoms with E-state index in [1.54, 1.807) is 12.1 Å². The summed E-state index contributed by atoms with van der Waals surface area (Å²) >= 11 is 11.8. The van der Waals surface area contributed by atoms with Crippen molar-refractivity contribution in [3.63, 3.8) is 0 Å². The summed E-state index contributed by atoms with van der Waals surface area (Å²) in [5.41, 5.74) is 1.14. The molecule has 0 aromatic heterocycles. The third kappa shape index (κ3) is 5.85. The smallest absolute Gasteiger partial charge is 0.341 e. The van der Waals surface area contributed by atoms with Crippen LogP contribution in [0.2, 0.25) is 10.0 Å². The number of carboxylic acids is 1. The predicted octanol–water partition coefficient (Wildman–Crippen LogP) is 4.96. The van der Waals surface area contributed by atoms with E-state index in [1.807, 2.05) is 6.07 Å². The van der Waals surface area contributed by atoms with Gasteiger partial charge in [0.05, 0.1) is 26.6 Å². The average molecular weight is 523 g/mol. The normalized spacial score (nSPS) is 11.3. The van der Waals surface area contributed by atoms with Crippen LogP contribution >= 0.6 is 23.2 Å². The molecule has 0 saturated heterocycles. The zero-order valence-electron chi connectivity index (χ0n) is 17.6. The second-order valence-corrected chi connectivity index (χ2v) is 10.0. The molecule has 3 aromatic carbocycles. The van der Waals surface area contributed by atoms with Gasteiger partial charge in [0.15, 0.2) is 6.61 Å². The summed E-state index contributed by atoms with van der Waals surface area (Å²) in [6.45, 7) is -0.715. The molecular weight excluding hydrogens is 506 g/mol. The van der Waals surface area contributed by atoms with Gasteiger partial charge in [-0.25, -0.2) is 17.6 Å². The first-order valence-electron chi connectivity index (χ1n) is 9.61. The number of hydrogen-bond acceptors (Lipinski definition) is 5. The number of carboxylic acid groups (broad SMARTS) is 1. The Morgan fingerprint density at radius 3 is 2.50 bits per heavy atom. The molecule has 0 aliphatic rings. The number of rotatable bonds is 8. The highest BCUT2D eigenvalue weighted by Crippen LogP contribution is 2.33. The van der Waals surface area contributed by atoms with E-state index >= 15 is 0 Å². The highest BCUT2D eigenvalue weighted by molar-refractivity contribution is 7.89. The minimum atomic E-state index is -3.92. The molecule has 0 saturated carbocycles. The summed E-state index contributed by atoms with van der Waals surface area (Å²) in [5.74, 6) is -1.74. The largest absolute Gasteiger partial charge is 0.481 e. The molecule has 0 aliphatic heterocycles. The molecule has 0 aliphatic carbocycles. The Labute approximate surface area is 205 Å². The minimum Gasteiger partial charge on any atom is -0.481 e. The van der Waals surface area contributed by atoms with Crippen LogP contribution in [-0.2, 0) is 21.4 Å². The van der Waals surface area contributed by atoms with Crippen LogP contribution in [0.3, 0.4) is 0 Å². The van der Waals surface area contributed by atoms with E-state index in [0.29, 0.717) is 11.1 Å². The van der Waals surface area contributed by atoms with Crippen molar-refractivity contribution in [2.24, 2.45) is 0 Å². The molecule has 3 aromatic rings. The topological polar surface area (TPSA) is 108 Å². The first-order chi connectivity index (χ1) is 16.0. The fourth-order valence-corrected chi connectivity index (χ4v) is 4.68. The number of nitriles is 1. The highest BCUT2D eigenvalue weighted by atomic mass is 35.5. The Kier molecular flexibility index (Phi) is 7.79. The van der Waals surface area contributed by atoms with Crippen LogP contribution < -0.4 is 4.74 Å². The average Bonchev–Trinajstić information content (AvgIpc) is 2.79. The lowest BCUT2D eigenvalue weighted by molar-refractivity contribution is -0.139. The number of hydrogen-bond donors (Lipinski definition) is 1. The van der Waals surface area contributed by atoms with Crippen LogP contribution in [0, 0.1) is 17.1 Å². The Morgan fingerprint density at radius 1 is 1.12 bits per heavy atom. The van der Waals surface area contributed by atoms with Gasteiger partial charge in [-0.15, -0.1) is 0 Å². The summed E-state index contributed by atoms with van der Waals surface area (Å²) in [6, 6.07) is 14.1. The molecule has 0 atom stereocenters. The first-order valence-corrected chi connectivity index (χ1v) is 11.8. The number of benzene rings is 3. The van der Waals surface area contributed by atoms with E-state index in [4.69, 9.17) is 33.0 Å². The molecule has 0 bridgehead atoms. The fraction of sp³-hybridized carbons (Fsp3) is 0.130. The van der Waals surface area contributed by atoms with Crippen molar-refractivity contribution in [3.8, 4) is 22.9 Å². The standard InChI is InChI=1S/C23H17Cl2FN2O5S/c1-28(34(31,32)18-3-4-20(24)21(25)10-18)12-14-2-5-22(33-13-23(29)30)19(8-14)16-6-15(11-27)7-17(26)9-16/h2-10H,12-13H2,1H3,(H,29,30). The fourth-order valence-electron chi connectivity index (χ4n) is 3.14. The summed E-state index contributed by atoms with van der Waals surface area (Å²) < 4.78 is 46.4. The van der Waals surface area contributed by atoms with Gasteiger partial charge in [0, 0.05) is 19.2 Å². The molecule has 7 nitrogen and oxygen atoms in total. The SMILES string of the molecule is CN(Cc1ccc(OCC(=O)O)c(-c2cc(F)cc(C#N)c2)c1)S(=O)(=O)c1ccc(Cl)c(Cl)c1. The molecule has 0 unspecified atom stereocenters. The van der Waals surface area contributed by atoms with Gasteiger partial charge in [-0.2, -0.15) is 9.57 Å². The third-order valence-electron chi connectivity index (χ3n) is 4.74. The van der Waals surface area contributed by atoms with Crippen LogP contribution in [0.25, 0.3) is 11.1 Å². The molecule has 3 rings (SSSR count). The van der Waals surface area contributed by atoms with E-state index in [9.17, 15) is 22.9 Å². The zero-order chi connectivity index (χ0) is 25.0. The summed E-state index contributed by atoms with van der Waals surface area (Å²) in [4.78, 5) is 10.9. The van der Waals surface area contributed by atoms with E-state index < -0.39 is 28.4 Å². The van der Waals surface area contributed by atoms with Gasteiger partial charge in [-0.1, -0.05) is 29.3 Å². The number of sulfonamides is 1. The maximum Gasteiger partial charge on any atom is 0.341 e. The van der Waals surface area contributed by atoms with Crippen molar-refractivity contribution >= 4 is 39.2 Å². The molecule has 176 valence electrons. The predicted molar refractivity (Wildman–Crippen MR) is 125 cm³/mol. The lowest BCUT2D eigenvalue weighted by Gasteiger charge is -2.19. The van der Waals surface area contributed by atoms with Gasteiger partial charge in [0.25, 0.3) is 0 Å². The van der Waals surface area contributed by atoms with E-state index in [-0.39, 0.29) is 38.4 Å². The maximum atomic E-state index is 14.1. The Morgan fingerprint density at radius 2 is 1.85 bits per heavy atom. The molecule has 0 spiro atoms. The molecule has 0 amide bonds. The molecule has 11 heteroatoms. The maximum absolute atomic E-state index is 14.1. The van der Waals surface area contributed by atoms with E-state index in [1.165, 1.54) is 43.4 Å². The Bertz CT molecular complexity index is 1410. The molecule has 34 heavy (non-hydrogen) atoms. The lowest BCUT2D eigenvalue weighted by Crippen LogP contribution is -2.26. The van der Waals surface area contributed by atoms with Crippen molar-refractivity contribution in [3.05, 3.63) is 81.6 Å². The lowest BCUT2D eigenvalue weighted by atomic mass is 10.00. The first kappa shape index (κ1) is 25.5.